The monoisotopic (exact) mass is 373 g/mol. The number of hydrogen-bond donors (Lipinski definition) is 0. The Hall–Kier alpha value is -2.08. The number of ether oxygens (including phenoxy) is 1. The predicted molar refractivity (Wildman–Crippen MR) is 105 cm³/mol. The molecular formula is C21H31N3O3. The molecule has 2 aliphatic rings. The number of benzene rings is 1. The molecule has 148 valence electrons. The highest BCUT2D eigenvalue weighted by atomic mass is 16.5. The lowest BCUT2D eigenvalue weighted by Crippen LogP contribution is -2.53. The second-order valence-corrected chi connectivity index (χ2v) is 7.62. The van der Waals surface area contributed by atoms with Crippen LogP contribution in [0, 0.1) is 0 Å². The number of hydrogen-bond acceptors (Lipinski definition) is 4. The SMILES string of the molecule is COc1cccc(CC(=O)N2CCN(CC(=O)N3CCCCC3C)CC2)c1. The summed E-state index contributed by atoms with van der Waals surface area (Å²) in [6.07, 6.45) is 3.83. The van der Waals surface area contributed by atoms with E-state index in [1.165, 1.54) is 6.42 Å². The van der Waals surface area contributed by atoms with Crippen LogP contribution in [0.2, 0.25) is 0 Å². The van der Waals surface area contributed by atoms with Crippen molar-refractivity contribution in [3.63, 3.8) is 0 Å². The van der Waals surface area contributed by atoms with Crippen molar-refractivity contribution in [2.45, 2.75) is 38.6 Å². The Labute approximate surface area is 162 Å². The van der Waals surface area contributed by atoms with Crippen LogP contribution in [-0.2, 0) is 16.0 Å². The highest BCUT2D eigenvalue weighted by Gasteiger charge is 2.27. The van der Waals surface area contributed by atoms with Crippen molar-refractivity contribution in [2.75, 3.05) is 46.4 Å². The highest BCUT2D eigenvalue weighted by Crippen LogP contribution is 2.17. The van der Waals surface area contributed by atoms with E-state index in [0.717, 1.165) is 43.8 Å². The van der Waals surface area contributed by atoms with Gasteiger partial charge in [0, 0.05) is 38.8 Å². The molecule has 27 heavy (non-hydrogen) atoms. The summed E-state index contributed by atoms with van der Waals surface area (Å²) in [5.41, 5.74) is 0.969. The van der Waals surface area contributed by atoms with Crippen LogP contribution in [0.5, 0.6) is 5.75 Å². The highest BCUT2D eigenvalue weighted by molar-refractivity contribution is 5.80. The summed E-state index contributed by atoms with van der Waals surface area (Å²) in [6, 6.07) is 8.01. The first-order valence-electron chi connectivity index (χ1n) is 9.99. The lowest BCUT2D eigenvalue weighted by molar-refractivity contribution is -0.137. The fourth-order valence-electron chi connectivity index (χ4n) is 3.97. The summed E-state index contributed by atoms with van der Waals surface area (Å²) >= 11 is 0. The van der Waals surface area contributed by atoms with Crippen LogP contribution in [0.3, 0.4) is 0 Å². The number of piperazine rings is 1. The Balaban J connectivity index is 1.45. The molecule has 0 aliphatic carbocycles. The summed E-state index contributed by atoms with van der Waals surface area (Å²) in [6.45, 7) is 6.40. The normalized spacial score (nSPS) is 21.2. The van der Waals surface area contributed by atoms with Gasteiger partial charge >= 0.3 is 0 Å². The van der Waals surface area contributed by atoms with Gasteiger partial charge in [0.2, 0.25) is 11.8 Å². The molecule has 2 saturated heterocycles. The molecule has 1 atom stereocenters. The van der Waals surface area contributed by atoms with Crippen molar-refractivity contribution >= 4 is 11.8 Å². The maximum Gasteiger partial charge on any atom is 0.236 e. The zero-order valence-electron chi connectivity index (χ0n) is 16.5. The largest absolute Gasteiger partial charge is 0.497 e. The van der Waals surface area contributed by atoms with Crippen LogP contribution in [0.15, 0.2) is 24.3 Å². The van der Waals surface area contributed by atoms with Crippen LogP contribution in [0.1, 0.15) is 31.7 Å². The lowest BCUT2D eigenvalue weighted by atomic mass is 10.0. The molecular weight excluding hydrogens is 342 g/mol. The molecule has 0 radical (unpaired) electrons. The van der Waals surface area contributed by atoms with Crippen LogP contribution in [-0.4, -0.2) is 78.9 Å². The second-order valence-electron chi connectivity index (χ2n) is 7.62. The Morgan fingerprint density at radius 3 is 2.56 bits per heavy atom. The average Bonchev–Trinajstić information content (AvgIpc) is 2.69. The molecule has 0 bridgehead atoms. The number of piperidine rings is 1. The van der Waals surface area contributed by atoms with E-state index in [1.807, 2.05) is 34.1 Å². The number of methoxy groups -OCH3 is 1. The molecule has 1 aromatic carbocycles. The van der Waals surface area contributed by atoms with E-state index in [0.29, 0.717) is 32.1 Å². The molecule has 0 aromatic heterocycles. The summed E-state index contributed by atoms with van der Waals surface area (Å²) in [5, 5.41) is 0. The van der Waals surface area contributed by atoms with Crippen molar-refractivity contribution < 1.29 is 14.3 Å². The van der Waals surface area contributed by atoms with E-state index in [9.17, 15) is 9.59 Å². The van der Waals surface area contributed by atoms with Crippen LogP contribution >= 0.6 is 0 Å². The summed E-state index contributed by atoms with van der Waals surface area (Å²) < 4.78 is 5.22. The van der Waals surface area contributed by atoms with E-state index in [-0.39, 0.29) is 11.8 Å². The van der Waals surface area contributed by atoms with Gasteiger partial charge in [0.1, 0.15) is 5.75 Å². The molecule has 1 unspecified atom stereocenters. The smallest absolute Gasteiger partial charge is 0.236 e. The molecule has 0 spiro atoms. The third-order valence-electron chi connectivity index (χ3n) is 5.70. The van der Waals surface area contributed by atoms with Crippen LogP contribution in [0.25, 0.3) is 0 Å². The Morgan fingerprint density at radius 2 is 1.85 bits per heavy atom. The minimum atomic E-state index is 0.138. The molecule has 2 aliphatic heterocycles. The van der Waals surface area contributed by atoms with Gasteiger partial charge in [0.15, 0.2) is 0 Å². The number of amides is 2. The van der Waals surface area contributed by atoms with E-state index in [2.05, 4.69) is 11.8 Å². The fourth-order valence-corrected chi connectivity index (χ4v) is 3.97. The van der Waals surface area contributed by atoms with Gasteiger partial charge in [-0.05, 0) is 43.9 Å². The molecule has 3 rings (SSSR count). The average molecular weight is 373 g/mol. The van der Waals surface area contributed by atoms with Gasteiger partial charge < -0.3 is 14.5 Å². The van der Waals surface area contributed by atoms with Crippen LogP contribution in [0.4, 0.5) is 0 Å². The maximum atomic E-state index is 12.6. The van der Waals surface area contributed by atoms with Crippen molar-refractivity contribution in [1.29, 1.82) is 0 Å². The zero-order chi connectivity index (χ0) is 19.2. The first-order valence-corrected chi connectivity index (χ1v) is 9.99. The van der Waals surface area contributed by atoms with Gasteiger partial charge in [0.05, 0.1) is 20.1 Å². The minimum Gasteiger partial charge on any atom is -0.497 e. The quantitative estimate of drug-likeness (QED) is 0.790. The first kappa shape index (κ1) is 19.7. The Kier molecular flexibility index (Phi) is 6.72. The van der Waals surface area contributed by atoms with Crippen molar-refractivity contribution in [2.24, 2.45) is 0 Å². The summed E-state index contributed by atoms with van der Waals surface area (Å²) in [7, 11) is 1.63. The number of carbonyl (C=O) groups excluding carboxylic acids is 2. The molecule has 2 heterocycles. The predicted octanol–water partition coefficient (Wildman–Crippen LogP) is 1.78. The van der Waals surface area contributed by atoms with Crippen molar-refractivity contribution in [3.8, 4) is 5.75 Å². The van der Waals surface area contributed by atoms with Crippen LogP contribution < -0.4 is 4.74 Å². The van der Waals surface area contributed by atoms with E-state index in [1.54, 1.807) is 7.11 Å². The number of carbonyl (C=O) groups is 2. The summed E-state index contributed by atoms with van der Waals surface area (Å²) in [5.74, 6) is 1.15. The van der Waals surface area contributed by atoms with Gasteiger partial charge in [-0.25, -0.2) is 0 Å². The van der Waals surface area contributed by atoms with E-state index >= 15 is 0 Å². The molecule has 6 nitrogen and oxygen atoms in total. The molecule has 2 fully saturated rings. The topological polar surface area (TPSA) is 53.1 Å². The van der Waals surface area contributed by atoms with Gasteiger partial charge in [0.25, 0.3) is 0 Å². The Morgan fingerprint density at radius 1 is 1.07 bits per heavy atom. The fraction of sp³-hybridized carbons (Fsp3) is 0.619. The van der Waals surface area contributed by atoms with Crippen molar-refractivity contribution in [3.05, 3.63) is 29.8 Å². The molecule has 2 amide bonds. The zero-order valence-corrected chi connectivity index (χ0v) is 16.5. The molecule has 0 saturated carbocycles. The first-order chi connectivity index (χ1) is 13.1. The van der Waals surface area contributed by atoms with E-state index < -0.39 is 0 Å². The third-order valence-corrected chi connectivity index (χ3v) is 5.70. The molecule has 1 aromatic rings. The lowest BCUT2D eigenvalue weighted by Gasteiger charge is -2.38. The molecule has 0 N–H and O–H groups in total. The number of nitrogens with zero attached hydrogens (tertiary/aromatic N) is 3. The van der Waals surface area contributed by atoms with Gasteiger partial charge in [-0.3, -0.25) is 14.5 Å². The Bertz CT molecular complexity index is 656. The number of likely N-dealkylation sites (tertiary alicyclic amines) is 1. The van der Waals surface area contributed by atoms with E-state index in [4.69, 9.17) is 4.74 Å². The molecule has 6 heteroatoms. The third kappa shape index (κ3) is 5.22. The van der Waals surface area contributed by atoms with Gasteiger partial charge in [-0.15, -0.1) is 0 Å². The number of rotatable bonds is 5. The standard InChI is InChI=1S/C21H31N3O3/c1-17-6-3-4-9-24(17)21(26)16-22-10-12-23(13-11-22)20(25)15-18-7-5-8-19(14-18)27-2/h5,7-8,14,17H,3-4,6,9-13,15-16H2,1-2H3. The summed E-state index contributed by atoms with van der Waals surface area (Å²) in [4.78, 5) is 31.3. The second kappa shape index (κ2) is 9.22. The maximum absolute atomic E-state index is 12.6. The van der Waals surface area contributed by atoms with Gasteiger partial charge in [-0.1, -0.05) is 12.1 Å². The minimum absolute atomic E-state index is 0.138. The van der Waals surface area contributed by atoms with Gasteiger partial charge in [-0.2, -0.15) is 0 Å². The van der Waals surface area contributed by atoms with Crippen molar-refractivity contribution in [1.82, 2.24) is 14.7 Å².